The third kappa shape index (κ3) is 6.29. The van der Waals surface area contributed by atoms with Gasteiger partial charge in [0.05, 0.1) is 6.61 Å². The van der Waals surface area contributed by atoms with Crippen molar-refractivity contribution in [2.75, 3.05) is 32.8 Å². The normalized spacial score (nSPS) is 14.8. The molecule has 0 bridgehead atoms. The molecule has 1 aromatic carbocycles. The van der Waals surface area contributed by atoms with Crippen LogP contribution in [0.25, 0.3) is 0 Å². The van der Waals surface area contributed by atoms with Crippen molar-refractivity contribution in [3.05, 3.63) is 68.5 Å². The highest BCUT2D eigenvalue weighted by Gasteiger charge is 2.29. The quantitative estimate of drug-likeness (QED) is 0.431. The van der Waals surface area contributed by atoms with Crippen molar-refractivity contribution in [3.8, 4) is 0 Å². The number of carbonyl (C=O) groups is 3. The van der Waals surface area contributed by atoms with E-state index in [1.54, 1.807) is 0 Å². The number of aromatic nitrogens is 2. The van der Waals surface area contributed by atoms with Crippen LogP contribution in [0.4, 0.5) is 4.79 Å². The van der Waals surface area contributed by atoms with Crippen LogP contribution in [0.15, 0.2) is 46.1 Å². The Labute approximate surface area is 188 Å². The summed E-state index contributed by atoms with van der Waals surface area (Å²) in [5, 5.41) is 11.9. The second-order valence-corrected chi connectivity index (χ2v) is 7.40. The molecule has 1 saturated heterocycles. The topological polar surface area (TPSA) is 165 Å². The van der Waals surface area contributed by atoms with Gasteiger partial charge in [-0.3, -0.25) is 19.4 Å². The largest absolute Gasteiger partial charge is 0.445 e. The Morgan fingerprint density at radius 2 is 1.76 bits per heavy atom. The van der Waals surface area contributed by atoms with Crippen LogP contribution in [0.1, 0.15) is 22.3 Å². The Morgan fingerprint density at radius 1 is 1.06 bits per heavy atom. The number of rotatable bonds is 6. The molecule has 0 aliphatic carbocycles. The van der Waals surface area contributed by atoms with Crippen LogP contribution < -0.4 is 16.6 Å². The first-order valence-corrected chi connectivity index (χ1v) is 10.4. The summed E-state index contributed by atoms with van der Waals surface area (Å²) < 4.78 is 5.34. The van der Waals surface area contributed by atoms with Crippen molar-refractivity contribution >= 4 is 17.9 Å². The highest BCUT2D eigenvalue weighted by atomic mass is 16.6. The minimum atomic E-state index is -1.29. The maximum atomic E-state index is 12.8. The zero-order chi connectivity index (χ0) is 23.8. The van der Waals surface area contributed by atoms with Crippen molar-refractivity contribution in [2.45, 2.75) is 19.1 Å². The van der Waals surface area contributed by atoms with Gasteiger partial charge < -0.3 is 29.9 Å². The minimum Gasteiger partial charge on any atom is -0.445 e. The van der Waals surface area contributed by atoms with Gasteiger partial charge in [0.15, 0.2) is 0 Å². The first-order chi connectivity index (χ1) is 15.9. The van der Waals surface area contributed by atoms with Gasteiger partial charge in [-0.05, 0) is 12.0 Å². The minimum absolute atomic E-state index is 0.140. The van der Waals surface area contributed by atoms with E-state index < -0.39 is 47.4 Å². The smallest absolute Gasteiger partial charge is 0.410 e. The van der Waals surface area contributed by atoms with E-state index in [1.165, 1.54) is 9.80 Å². The van der Waals surface area contributed by atoms with Crippen LogP contribution in [0.5, 0.6) is 0 Å². The molecule has 176 valence electrons. The van der Waals surface area contributed by atoms with Gasteiger partial charge >= 0.3 is 11.8 Å². The number of ether oxygens (including phenoxy) is 1. The van der Waals surface area contributed by atoms with Crippen molar-refractivity contribution < 1.29 is 24.2 Å². The molecule has 3 amide bonds. The Hall–Kier alpha value is -3.93. The molecule has 0 saturated carbocycles. The molecule has 2 aromatic rings. The molecular weight excluding hydrogens is 434 g/mol. The molecule has 0 radical (unpaired) electrons. The molecule has 1 aromatic heterocycles. The van der Waals surface area contributed by atoms with Crippen molar-refractivity contribution in [2.24, 2.45) is 0 Å². The van der Waals surface area contributed by atoms with Gasteiger partial charge in [-0.2, -0.15) is 0 Å². The zero-order valence-electron chi connectivity index (χ0n) is 17.8. The van der Waals surface area contributed by atoms with Crippen molar-refractivity contribution in [3.63, 3.8) is 0 Å². The van der Waals surface area contributed by atoms with E-state index in [2.05, 4.69) is 10.3 Å². The van der Waals surface area contributed by atoms with Gasteiger partial charge in [0.2, 0.25) is 5.91 Å². The molecule has 2 heterocycles. The standard InChI is InChI=1S/C21H25N5O7/c27-12-16(23-17(28)15-11-22-20(31)24-18(15)29)19(30)25-7-4-8-26(10-9-25)21(32)33-13-14-5-2-1-3-6-14/h1-3,5-6,11,16,27H,4,7-10,12-13H2,(H,23,28)(H2,22,24,29,31)/t16-/m0/s1. The van der Waals surface area contributed by atoms with Crippen LogP contribution in [-0.2, 0) is 16.1 Å². The fourth-order valence-corrected chi connectivity index (χ4v) is 3.35. The first kappa shape index (κ1) is 23.7. The summed E-state index contributed by atoms with van der Waals surface area (Å²) in [7, 11) is 0. The van der Waals surface area contributed by atoms with Gasteiger partial charge in [0, 0.05) is 32.4 Å². The number of nitrogens with zero attached hydrogens (tertiary/aromatic N) is 2. The zero-order valence-corrected chi connectivity index (χ0v) is 17.8. The number of hydrogen-bond donors (Lipinski definition) is 4. The second-order valence-electron chi connectivity index (χ2n) is 7.40. The molecule has 3 rings (SSSR count). The van der Waals surface area contributed by atoms with E-state index >= 15 is 0 Å². The van der Waals surface area contributed by atoms with E-state index in [4.69, 9.17) is 4.74 Å². The number of carbonyl (C=O) groups excluding carboxylic acids is 3. The first-order valence-electron chi connectivity index (χ1n) is 10.4. The number of amides is 3. The van der Waals surface area contributed by atoms with Crippen LogP contribution in [0.2, 0.25) is 0 Å². The SMILES string of the molecule is O=C(N[C@@H](CO)C(=O)N1CCCN(C(=O)OCc2ccccc2)CC1)c1c[nH]c(=O)[nH]c1=O. The third-order valence-electron chi connectivity index (χ3n) is 5.12. The molecule has 1 atom stereocenters. The van der Waals surface area contributed by atoms with E-state index in [0.29, 0.717) is 19.5 Å². The molecule has 0 unspecified atom stereocenters. The number of H-pyrrole nitrogens is 2. The molecular formula is C21H25N5O7. The van der Waals surface area contributed by atoms with E-state index in [1.807, 2.05) is 35.3 Å². The van der Waals surface area contributed by atoms with E-state index in [0.717, 1.165) is 11.8 Å². The van der Waals surface area contributed by atoms with Crippen LogP contribution in [-0.4, -0.2) is 81.6 Å². The highest BCUT2D eigenvalue weighted by molar-refractivity contribution is 5.97. The van der Waals surface area contributed by atoms with Gasteiger partial charge in [-0.15, -0.1) is 0 Å². The molecule has 1 fully saturated rings. The fraction of sp³-hybridized carbons (Fsp3) is 0.381. The molecule has 4 N–H and O–H groups in total. The lowest BCUT2D eigenvalue weighted by atomic mass is 10.2. The molecule has 1 aliphatic rings. The summed E-state index contributed by atoms with van der Waals surface area (Å²) in [6, 6.07) is 7.97. The summed E-state index contributed by atoms with van der Waals surface area (Å²) >= 11 is 0. The van der Waals surface area contributed by atoms with E-state index in [-0.39, 0.29) is 19.7 Å². The second kappa shape index (κ2) is 11.1. The average molecular weight is 459 g/mol. The predicted molar refractivity (Wildman–Crippen MR) is 115 cm³/mol. The number of aromatic amines is 2. The van der Waals surface area contributed by atoms with E-state index in [9.17, 15) is 29.1 Å². The van der Waals surface area contributed by atoms with Crippen LogP contribution in [0.3, 0.4) is 0 Å². The number of aliphatic hydroxyl groups excluding tert-OH is 1. The molecule has 33 heavy (non-hydrogen) atoms. The summed E-state index contributed by atoms with van der Waals surface area (Å²) in [5.41, 5.74) is -1.23. The van der Waals surface area contributed by atoms with Gasteiger partial charge in [0.1, 0.15) is 18.2 Å². The molecule has 0 spiro atoms. The predicted octanol–water partition coefficient (Wildman–Crippen LogP) is -0.975. The lowest BCUT2D eigenvalue weighted by Crippen LogP contribution is -2.52. The van der Waals surface area contributed by atoms with Crippen molar-refractivity contribution in [1.82, 2.24) is 25.1 Å². The lowest BCUT2D eigenvalue weighted by molar-refractivity contribution is -0.134. The van der Waals surface area contributed by atoms with Crippen LogP contribution in [0, 0.1) is 0 Å². The van der Waals surface area contributed by atoms with Gasteiger partial charge in [-0.25, -0.2) is 9.59 Å². The maximum absolute atomic E-state index is 12.8. The summed E-state index contributed by atoms with van der Waals surface area (Å²) in [6.45, 7) is 0.565. The lowest BCUT2D eigenvalue weighted by Gasteiger charge is -2.26. The Morgan fingerprint density at radius 3 is 2.45 bits per heavy atom. The Kier molecular flexibility index (Phi) is 7.97. The van der Waals surface area contributed by atoms with Crippen molar-refractivity contribution in [1.29, 1.82) is 0 Å². The maximum Gasteiger partial charge on any atom is 0.410 e. The summed E-state index contributed by atoms with van der Waals surface area (Å²) in [6.07, 6.45) is 0.926. The number of aliphatic hydroxyl groups is 1. The Bertz CT molecular complexity index is 1100. The number of hydrogen-bond acceptors (Lipinski definition) is 7. The van der Waals surface area contributed by atoms with Gasteiger partial charge in [0.25, 0.3) is 11.5 Å². The monoisotopic (exact) mass is 459 g/mol. The number of benzene rings is 1. The highest BCUT2D eigenvalue weighted by Crippen LogP contribution is 2.09. The summed E-state index contributed by atoms with van der Waals surface area (Å²) in [5.74, 6) is -1.47. The molecule has 12 nitrogen and oxygen atoms in total. The number of nitrogens with one attached hydrogen (secondary N) is 3. The van der Waals surface area contributed by atoms with Gasteiger partial charge in [-0.1, -0.05) is 30.3 Å². The molecule has 12 heteroatoms. The Balaban J connectivity index is 1.55. The van der Waals surface area contributed by atoms with Crippen LogP contribution >= 0.6 is 0 Å². The fourth-order valence-electron chi connectivity index (χ4n) is 3.35. The average Bonchev–Trinajstić information content (AvgIpc) is 3.07. The molecule has 1 aliphatic heterocycles. The third-order valence-corrected chi connectivity index (χ3v) is 5.12. The summed E-state index contributed by atoms with van der Waals surface area (Å²) in [4.78, 5) is 67.5.